The van der Waals surface area contributed by atoms with Gasteiger partial charge in [0.1, 0.15) is 0 Å². The molecular weight excluding hydrogens is 546 g/mol. The molecule has 3 aromatic carbocycles. The van der Waals surface area contributed by atoms with Gasteiger partial charge in [-0.3, -0.25) is 24.5 Å². The van der Waals surface area contributed by atoms with Crippen LogP contribution in [0, 0.1) is 12.8 Å². The quantitative estimate of drug-likeness (QED) is 0.200. The van der Waals surface area contributed by atoms with Crippen molar-refractivity contribution >= 4 is 47.2 Å². The van der Waals surface area contributed by atoms with E-state index in [-0.39, 0.29) is 16.8 Å². The first kappa shape index (κ1) is 29.3. The molecule has 6 amide bonds. The van der Waals surface area contributed by atoms with Crippen molar-refractivity contribution in [2.24, 2.45) is 11.0 Å². The number of amides is 6. The molecule has 3 N–H and O–H groups in total. The normalized spacial score (nSPS) is 14.8. The van der Waals surface area contributed by atoms with Crippen LogP contribution >= 0.6 is 0 Å². The highest BCUT2D eigenvalue weighted by Gasteiger charge is 2.40. The van der Waals surface area contributed by atoms with E-state index < -0.39 is 35.6 Å². The average molecular weight is 574 g/mol. The van der Waals surface area contributed by atoms with Crippen LogP contribution < -0.4 is 35.2 Å². The first-order valence-corrected chi connectivity index (χ1v) is 12.5. The van der Waals surface area contributed by atoms with Crippen LogP contribution in [0.1, 0.15) is 26.3 Å². The highest BCUT2D eigenvalue weighted by atomic mass is 16.5. The van der Waals surface area contributed by atoms with Gasteiger partial charge in [-0.25, -0.2) is 15.1 Å². The molecule has 0 aliphatic carbocycles. The van der Waals surface area contributed by atoms with Crippen LogP contribution in [0.2, 0.25) is 0 Å². The van der Waals surface area contributed by atoms with Gasteiger partial charge in [0.25, 0.3) is 17.7 Å². The minimum Gasteiger partial charge on any atom is -0.493 e. The Morgan fingerprint density at radius 1 is 0.857 bits per heavy atom. The topological polar surface area (TPSA) is 165 Å². The Bertz CT molecular complexity index is 1540. The van der Waals surface area contributed by atoms with E-state index in [2.05, 4.69) is 21.2 Å². The summed E-state index contributed by atoms with van der Waals surface area (Å²) < 4.78 is 15.8. The van der Waals surface area contributed by atoms with Crippen LogP contribution in [0.4, 0.5) is 16.2 Å². The Morgan fingerprint density at radius 3 is 2.05 bits per heavy atom. The summed E-state index contributed by atoms with van der Waals surface area (Å²) in [5, 5.41) is 8.58. The summed E-state index contributed by atoms with van der Waals surface area (Å²) in [6, 6.07) is 14.7. The zero-order valence-electron chi connectivity index (χ0n) is 23.1. The van der Waals surface area contributed by atoms with Gasteiger partial charge >= 0.3 is 6.03 Å². The molecule has 1 heterocycles. The molecule has 1 aliphatic rings. The fourth-order valence-corrected chi connectivity index (χ4v) is 4.02. The number of hydrogen-bond donors (Lipinski definition) is 3. The third kappa shape index (κ3) is 6.20. The second kappa shape index (κ2) is 12.6. The fourth-order valence-electron chi connectivity index (χ4n) is 4.02. The number of nitrogens with one attached hydrogen (secondary N) is 3. The smallest absolute Gasteiger partial charge is 0.335 e. The van der Waals surface area contributed by atoms with E-state index in [9.17, 15) is 24.0 Å². The second-order valence-corrected chi connectivity index (χ2v) is 8.95. The lowest BCUT2D eigenvalue weighted by Crippen LogP contribution is -2.58. The number of barbiturate groups is 1. The van der Waals surface area contributed by atoms with Crippen LogP contribution in [0.3, 0.4) is 0 Å². The standard InChI is InChI=1S/C29H27N5O8/c1-16-5-11-20(12-6-16)34-28(38)21(27(37)32-29(34)39)15-30-33-26(36)17-7-9-19(10-8-17)31-25(35)18-13-22(40-2)24(42-4)23(14-18)41-3/h5-15,21H,1-4H3,(H,31,35)(H,33,36)(H,32,37,39)/b30-15-/t21-/m1/s1. The molecular formula is C29H27N5O8. The van der Waals surface area contributed by atoms with Crippen molar-refractivity contribution in [1.29, 1.82) is 0 Å². The van der Waals surface area contributed by atoms with E-state index in [1.165, 1.54) is 57.7 Å². The van der Waals surface area contributed by atoms with Gasteiger partial charge in [0.2, 0.25) is 11.7 Å². The number of aryl methyl sites for hydroxylation is 1. The van der Waals surface area contributed by atoms with Gasteiger partial charge in [-0.2, -0.15) is 5.10 Å². The van der Waals surface area contributed by atoms with E-state index in [1.807, 2.05) is 6.92 Å². The minimum absolute atomic E-state index is 0.189. The summed E-state index contributed by atoms with van der Waals surface area (Å²) in [6.45, 7) is 1.85. The fraction of sp³-hybridized carbons (Fsp3) is 0.172. The number of methoxy groups -OCH3 is 3. The zero-order chi connectivity index (χ0) is 30.4. The number of hydrogen-bond acceptors (Lipinski definition) is 9. The van der Waals surface area contributed by atoms with Gasteiger partial charge in [-0.15, -0.1) is 0 Å². The number of anilines is 2. The number of ether oxygens (including phenoxy) is 3. The van der Waals surface area contributed by atoms with Crippen molar-refractivity contribution in [2.75, 3.05) is 31.5 Å². The van der Waals surface area contributed by atoms with E-state index >= 15 is 0 Å². The number of rotatable bonds is 9. The van der Waals surface area contributed by atoms with Crippen molar-refractivity contribution in [2.45, 2.75) is 6.92 Å². The molecule has 0 spiro atoms. The predicted octanol–water partition coefficient (Wildman–Crippen LogP) is 2.89. The number of carbonyl (C=O) groups excluding carboxylic acids is 5. The summed E-state index contributed by atoms with van der Waals surface area (Å²) in [4.78, 5) is 63.7. The van der Waals surface area contributed by atoms with Crippen molar-refractivity contribution in [1.82, 2.24) is 10.7 Å². The Kier molecular flexibility index (Phi) is 8.81. The number of carbonyl (C=O) groups is 5. The van der Waals surface area contributed by atoms with Gasteiger partial charge < -0.3 is 19.5 Å². The molecule has 0 bridgehead atoms. The van der Waals surface area contributed by atoms with Gasteiger partial charge in [0.15, 0.2) is 17.4 Å². The van der Waals surface area contributed by atoms with Crippen LogP contribution in [0.5, 0.6) is 17.2 Å². The first-order valence-electron chi connectivity index (χ1n) is 12.5. The highest BCUT2D eigenvalue weighted by molar-refractivity contribution is 6.32. The van der Waals surface area contributed by atoms with Gasteiger partial charge in [0, 0.05) is 23.0 Å². The highest BCUT2D eigenvalue weighted by Crippen LogP contribution is 2.38. The van der Waals surface area contributed by atoms with E-state index in [4.69, 9.17) is 14.2 Å². The largest absolute Gasteiger partial charge is 0.493 e. The predicted molar refractivity (Wildman–Crippen MR) is 152 cm³/mol. The Hall–Kier alpha value is -5.72. The van der Waals surface area contributed by atoms with E-state index in [1.54, 1.807) is 24.3 Å². The van der Waals surface area contributed by atoms with Crippen molar-refractivity contribution in [3.63, 3.8) is 0 Å². The molecule has 1 aliphatic heterocycles. The molecule has 13 nitrogen and oxygen atoms in total. The molecule has 3 aromatic rings. The Morgan fingerprint density at radius 2 is 1.48 bits per heavy atom. The number of urea groups is 1. The first-order chi connectivity index (χ1) is 20.2. The molecule has 1 fully saturated rings. The van der Waals surface area contributed by atoms with Gasteiger partial charge in [0.05, 0.1) is 27.0 Å². The second-order valence-electron chi connectivity index (χ2n) is 8.95. The van der Waals surface area contributed by atoms with E-state index in [0.717, 1.165) is 16.7 Å². The van der Waals surface area contributed by atoms with Crippen molar-refractivity contribution in [3.05, 3.63) is 77.4 Å². The van der Waals surface area contributed by atoms with Gasteiger partial charge in [-0.1, -0.05) is 17.7 Å². The van der Waals surface area contributed by atoms with Crippen LogP contribution in [-0.2, 0) is 9.59 Å². The molecule has 1 atom stereocenters. The number of imide groups is 2. The maximum Gasteiger partial charge on any atom is 0.335 e. The summed E-state index contributed by atoms with van der Waals surface area (Å²) in [7, 11) is 4.34. The minimum atomic E-state index is -1.43. The van der Waals surface area contributed by atoms with Crippen LogP contribution in [0.25, 0.3) is 0 Å². The molecule has 0 unspecified atom stereocenters. The Balaban J connectivity index is 1.39. The summed E-state index contributed by atoms with van der Waals surface area (Å²) in [5.74, 6) is -3.21. The molecule has 1 saturated heterocycles. The lowest BCUT2D eigenvalue weighted by atomic mass is 10.1. The molecule has 4 rings (SSSR count). The zero-order valence-corrected chi connectivity index (χ0v) is 23.1. The third-order valence-electron chi connectivity index (χ3n) is 6.22. The lowest BCUT2D eigenvalue weighted by molar-refractivity contribution is -0.131. The summed E-state index contributed by atoms with van der Waals surface area (Å²) in [6.07, 6.45) is 0.954. The molecule has 13 heteroatoms. The molecule has 42 heavy (non-hydrogen) atoms. The Labute approximate surface area is 240 Å². The van der Waals surface area contributed by atoms with Gasteiger partial charge in [-0.05, 0) is 55.5 Å². The average Bonchev–Trinajstić information content (AvgIpc) is 2.99. The number of benzene rings is 3. The third-order valence-corrected chi connectivity index (χ3v) is 6.22. The number of hydrazone groups is 1. The SMILES string of the molecule is COc1cc(C(=O)Nc2ccc(C(=O)N/N=C\[C@@H]3C(=O)NC(=O)N(c4ccc(C)cc4)C3=O)cc2)cc(OC)c1OC. The monoisotopic (exact) mass is 573 g/mol. The maximum absolute atomic E-state index is 12.9. The maximum atomic E-state index is 12.9. The number of nitrogens with zero attached hydrogens (tertiary/aromatic N) is 2. The van der Waals surface area contributed by atoms with Crippen molar-refractivity contribution < 1.29 is 38.2 Å². The molecule has 0 aromatic heterocycles. The molecule has 0 radical (unpaired) electrons. The van der Waals surface area contributed by atoms with E-state index in [0.29, 0.717) is 22.9 Å². The van der Waals surface area contributed by atoms with Crippen LogP contribution in [-0.4, -0.2) is 57.2 Å². The summed E-state index contributed by atoms with van der Waals surface area (Å²) in [5.41, 5.74) is 4.31. The summed E-state index contributed by atoms with van der Waals surface area (Å²) >= 11 is 0. The lowest BCUT2D eigenvalue weighted by Gasteiger charge is -2.28. The van der Waals surface area contributed by atoms with Crippen LogP contribution in [0.15, 0.2) is 65.8 Å². The van der Waals surface area contributed by atoms with Crippen molar-refractivity contribution in [3.8, 4) is 17.2 Å². The molecule has 216 valence electrons. The molecule has 0 saturated carbocycles.